The van der Waals surface area contributed by atoms with Crippen LogP contribution in [0.4, 0.5) is 0 Å². The van der Waals surface area contributed by atoms with Crippen molar-refractivity contribution in [1.82, 2.24) is 4.72 Å². The number of nitrogens with one attached hydrogen (secondary N) is 1. The first-order chi connectivity index (χ1) is 14.2. The summed E-state index contributed by atoms with van der Waals surface area (Å²) in [4.78, 5) is 0.387. The molecule has 0 aliphatic rings. The monoisotopic (exact) mass is 465 g/mol. The molecule has 3 rings (SSSR count). The Hall–Kier alpha value is -2.07. The van der Waals surface area contributed by atoms with Gasteiger partial charge in [0.25, 0.3) is 0 Å². The second-order valence-electron chi connectivity index (χ2n) is 6.71. The lowest BCUT2D eigenvalue weighted by atomic mass is 10.1. The van der Waals surface area contributed by atoms with Crippen LogP contribution in [0.25, 0.3) is 10.8 Å². The van der Waals surface area contributed by atoms with Crippen molar-refractivity contribution in [3.05, 3.63) is 66.2 Å². The van der Waals surface area contributed by atoms with Gasteiger partial charge in [0.1, 0.15) is 12.4 Å². The lowest BCUT2D eigenvalue weighted by Crippen LogP contribution is -2.25. The maximum absolute atomic E-state index is 12.6. The highest BCUT2D eigenvalue weighted by Crippen LogP contribution is 2.30. The van der Waals surface area contributed by atoms with Gasteiger partial charge in [0.05, 0.1) is 15.5 Å². The summed E-state index contributed by atoms with van der Waals surface area (Å²) in [6.45, 7) is 2.06. The van der Waals surface area contributed by atoms with Gasteiger partial charge in [-0.3, -0.25) is 0 Å². The molecule has 0 aliphatic carbocycles. The predicted octanol–water partition coefficient (Wildman–Crippen LogP) is 3.21. The van der Waals surface area contributed by atoms with Crippen molar-refractivity contribution >= 4 is 43.3 Å². The highest BCUT2D eigenvalue weighted by atomic mass is 32.2. The number of sulfonamides is 1. The number of rotatable bonds is 9. The van der Waals surface area contributed by atoms with E-state index >= 15 is 0 Å². The van der Waals surface area contributed by atoms with Crippen molar-refractivity contribution in [2.45, 2.75) is 16.7 Å². The smallest absolute Gasteiger partial charge is 0.241 e. The minimum atomic E-state index is -3.70. The van der Waals surface area contributed by atoms with E-state index in [2.05, 4.69) is 17.4 Å². The van der Waals surface area contributed by atoms with Gasteiger partial charge < -0.3 is 4.74 Å². The Kier molecular flexibility index (Phi) is 7.07. The zero-order chi connectivity index (χ0) is 21.8. The predicted molar refractivity (Wildman–Crippen MR) is 122 cm³/mol. The molecule has 3 aromatic rings. The van der Waals surface area contributed by atoms with Crippen molar-refractivity contribution < 1.29 is 21.6 Å². The molecule has 0 aliphatic heterocycles. The Bertz CT molecular complexity index is 1240. The molecule has 0 spiro atoms. The van der Waals surface area contributed by atoms with Crippen LogP contribution in [0.2, 0.25) is 0 Å². The number of aryl methyl sites for hydroxylation is 1. The summed E-state index contributed by atoms with van der Waals surface area (Å²) >= 11 is 4.03. The lowest BCUT2D eigenvalue weighted by molar-refractivity contribution is 0.345. The third-order valence-corrected chi connectivity index (χ3v) is 7.96. The molecule has 0 unspecified atom stereocenters. The molecule has 3 aromatic carbocycles. The summed E-state index contributed by atoms with van der Waals surface area (Å²) in [6.07, 6.45) is 0. The van der Waals surface area contributed by atoms with E-state index in [1.807, 2.05) is 6.92 Å². The molecule has 0 fully saturated rings. The SMILES string of the molecule is Cc1ccc(S(=O)(=O)CCOc2cccc3c(S(=O)(=O)NCCS)cccc23)cc1. The van der Waals surface area contributed by atoms with Crippen molar-refractivity contribution in [3.8, 4) is 5.75 Å². The largest absolute Gasteiger partial charge is 0.492 e. The van der Waals surface area contributed by atoms with Crippen molar-refractivity contribution in [3.63, 3.8) is 0 Å². The molecule has 0 saturated carbocycles. The zero-order valence-corrected chi connectivity index (χ0v) is 18.9. The van der Waals surface area contributed by atoms with Crippen LogP contribution in [-0.4, -0.2) is 41.5 Å². The summed E-state index contributed by atoms with van der Waals surface area (Å²) in [6, 6.07) is 16.6. The third kappa shape index (κ3) is 5.15. The second kappa shape index (κ2) is 9.38. The van der Waals surface area contributed by atoms with Crippen LogP contribution in [0.15, 0.2) is 70.5 Å². The van der Waals surface area contributed by atoms with Gasteiger partial charge in [-0.15, -0.1) is 0 Å². The molecule has 0 atom stereocenters. The van der Waals surface area contributed by atoms with Gasteiger partial charge in [-0.05, 0) is 31.2 Å². The quantitative estimate of drug-likeness (QED) is 0.474. The fraction of sp³-hybridized carbons (Fsp3) is 0.238. The second-order valence-corrected chi connectivity index (χ2v) is 11.0. The highest BCUT2D eigenvalue weighted by molar-refractivity contribution is 7.91. The maximum atomic E-state index is 12.6. The Morgan fingerprint density at radius 3 is 2.27 bits per heavy atom. The minimum absolute atomic E-state index is 0.0514. The topological polar surface area (TPSA) is 89.5 Å². The Balaban J connectivity index is 1.82. The number of benzene rings is 3. The summed E-state index contributed by atoms with van der Waals surface area (Å²) in [5.74, 6) is 0.625. The summed E-state index contributed by atoms with van der Waals surface area (Å²) in [5.41, 5.74) is 0.982. The van der Waals surface area contributed by atoms with Gasteiger partial charge in [0, 0.05) is 23.1 Å². The van der Waals surface area contributed by atoms with Gasteiger partial charge in [0.2, 0.25) is 10.0 Å². The van der Waals surface area contributed by atoms with Crippen molar-refractivity contribution in [1.29, 1.82) is 0 Å². The third-order valence-electron chi connectivity index (χ3n) is 4.53. The standard InChI is InChI=1S/C21H23NO5S3/c1-16-8-10-17(11-9-16)29(23,24)15-13-27-20-6-2-5-19-18(20)4-3-7-21(19)30(25,26)22-12-14-28/h2-11,22,28H,12-15H2,1H3. The maximum Gasteiger partial charge on any atom is 0.241 e. The average Bonchev–Trinajstić information content (AvgIpc) is 2.72. The summed E-state index contributed by atoms with van der Waals surface area (Å²) in [5, 5.41) is 1.10. The highest BCUT2D eigenvalue weighted by Gasteiger charge is 2.18. The molecule has 160 valence electrons. The summed E-state index contributed by atoms with van der Waals surface area (Å²) < 4.78 is 58.4. The Morgan fingerprint density at radius 2 is 1.57 bits per heavy atom. The van der Waals surface area contributed by atoms with E-state index in [0.29, 0.717) is 22.3 Å². The van der Waals surface area contributed by atoms with Crippen molar-refractivity contribution in [2.24, 2.45) is 0 Å². The van der Waals surface area contributed by atoms with E-state index in [1.165, 1.54) is 6.07 Å². The van der Waals surface area contributed by atoms with Crippen LogP contribution in [0, 0.1) is 6.92 Å². The molecule has 9 heteroatoms. The van der Waals surface area contributed by atoms with Gasteiger partial charge in [-0.2, -0.15) is 12.6 Å². The number of thiol groups is 1. The van der Waals surface area contributed by atoms with E-state index < -0.39 is 19.9 Å². The molecule has 0 saturated heterocycles. The van der Waals surface area contributed by atoms with E-state index in [1.54, 1.807) is 54.6 Å². The lowest BCUT2D eigenvalue weighted by Gasteiger charge is -2.13. The molecule has 0 radical (unpaired) electrons. The molecule has 6 nitrogen and oxygen atoms in total. The molecular formula is C21H23NO5S3. The first-order valence-corrected chi connectivity index (χ1v) is 13.1. The first-order valence-electron chi connectivity index (χ1n) is 9.29. The van der Waals surface area contributed by atoms with Gasteiger partial charge in [-0.1, -0.05) is 42.0 Å². The fourth-order valence-corrected chi connectivity index (χ4v) is 5.60. The van der Waals surface area contributed by atoms with Crippen molar-refractivity contribution in [2.75, 3.05) is 24.7 Å². The van der Waals surface area contributed by atoms with Gasteiger partial charge >= 0.3 is 0 Å². The number of hydrogen-bond acceptors (Lipinski definition) is 6. The number of fused-ring (bicyclic) bond motifs is 1. The van der Waals surface area contributed by atoms with Crippen LogP contribution in [-0.2, 0) is 19.9 Å². The van der Waals surface area contributed by atoms with Crippen LogP contribution < -0.4 is 9.46 Å². The van der Waals surface area contributed by atoms with E-state index in [-0.39, 0.29) is 28.7 Å². The molecule has 1 N–H and O–H groups in total. The fourth-order valence-electron chi connectivity index (χ4n) is 3.00. The molecule has 0 amide bonds. The van der Waals surface area contributed by atoms with Crippen LogP contribution in [0.5, 0.6) is 5.75 Å². The van der Waals surface area contributed by atoms with Crippen LogP contribution in [0.3, 0.4) is 0 Å². The first kappa shape index (κ1) is 22.6. The minimum Gasteiger partial charge on any atom is -0.492 e. The molecule has 0 heterocycles. The normalized spacial score (nSPS) is 12.2. The van der Waals surface area contributed by atoms with Gasteiger partial charge in [-0.25, -0.2) is 21.6 Å². The van der Waals surface area contributed by atoms with Crippen LogP contribution in [0.1, 0.15) is 5.56 Å². The molecule has 0 aromatic heterocycles. The van der Waals surface area contributed by atoms with Gasteiger partial charge in [0.15, 0.2) is 9.84 Å². The Morgan fingerprint density at radius 1 is 0.900 bits per heavy atom. The van der Waals surface area contributed by atoms with E-state index in [0.717, 1.165) is 5.56 Å². The number of hydrogen-bond donors (Lipinski definition) is 2. The summed E-state index contributed by atoms with van der Waals surface area (Å²) in [7, 11) is -7.18. The molecule has 30 heavy (non-hydrogen) atoms. The molecule has 0 bridgehead atoms. The van der Waals surface area contributed by atoms with Crippen LogP contribution >= 0.6 is 12.6 Å². The number of sulfone groups is 1. The Labute approximate surface area is 182 Å². The average molecular weight is 466 g/mol. The van der Waals surface area contributed by atoms with E-state index in [9.17, 15) is 16.8 Å². The zero-order valence-electron chi connectivity index (χ0n) is 16.4. The molecular weight excluding hydrogens is 442 g/mol. The number of ether oxygens (including phenoxy) is 1. The van der Waals surface area contributed by atoms with E-state index in [4.69, 9.17) is 4.74 Å².